The Bertz CT molecular complexity index is 481. The largest absolute Gasteiger partial charge is 0.619 e. The van der Waals surface area contributed by atoms with E-state index in [1.807, 2.05) is 0 Å². The molecule has 0 amide bonds. The standard InChI is InChI=1S/C14H22N4O3.ClH/c15-14(12-5-4-8-18(20)9-12)16-21-11-13(19)10-17-6-2-1-3-7-17;/h4-5,8-9,13,19H,1-3,6-7,10-11H2,(H2,15,16);1H. The fourth-order valence-corrected chi connectivity index (χ4v) is 2.34. The number of rotatable bonds is 6. The lowest BCUT2D eigenvalue weighted by Gasteiger charge is -2.27. The van der Waals surface area contributed by atoms with Crippen LogP contribution in [0.1, 0.15) is 24.8 Å². The first-order valence-corrected chi connectivity index (χ1v) is 7.20. The van der Waals surface area contributed by atoms with Crippen molar-refractivity contribution in [2.24, 2.45) is 10.9 Å². The van der Waals surface area contributed by atoms with Gasteiger partial charge in [-0.05, 0) is 32.0 Å². The summed E-state index contributed by atoms with van der Waals surface area (Å²) in [5, 5.41) is 24.7. The van der Waals surface area contributed by atoms with Crippen LogP contribution in [0.15, 0.2) is 29.7 Å². The molecule has 0 radical (unpaired) electrons. The van der Waals surface area contributed by atoms with Gasteiger partial charge in [0.05, 0.1) is 5.56 Å². The Morgan fingerprint density at radius 1 is 1.45 bits per heavy atom. The summed E-state index contributed by atoms with van der Waals surface area (Å²) in [6.07, 6.45) is 5.71. The number of aromatic nitrogens is 1. The number of hydrogen-bond donors (Lipinski definition) is 2. The van der Waals surface area contributed by atoms with Crippen LogP contribution in [0.3, 0.4) is 0 Å². The second-order valence-electron chi connectivity index (χ2n) is 5.24. The number of pyridine rings is 1. The van der Waals surface area contributed by atoms with Crippen molar-refractivity contribution in [2.45, 2.75) is 25.4 Å². The molecule has 1 atom stereocenters. The molecule has 0 saturated carbocycles. The number of piperidine rings is 1. The number of oxime groups is 1. The van der Waals surface area contributed by atoms with E-state index in [-0.39, 0.29) is 24.8 Å². The molecule has 8 heteroatoms. The van der Waals surface area contributed by atoms with Gasteiger partial charge < -0.3 is 25.8 Å². The molecule has 1 unspecified atom stereocenters. The molecule has 2 heterocycles. The van der Waals surface area contributed by atoms with E-state index in [0.717, 1.165) is 13.1 Å². The minimum atomic E-state index is -0.597. The van der Waals surface area contributed by atoms with Crippen molar-refractivity contribution in [1.29, 1.82) is 0 Å². The van der Waals surface area contributed by atoms with Crippen LogP contribution in [-0.2, 0) is 4.84 Å². The van der Waals surface area contributed by atoms with Gasteiger partial charge in [-0.15, -0.1) is 12.4 Å². The Labute approximate surface area is 136 Å². The molecule has 0 aliphatic carbocycles. The van der Waals surface area contributed by atoms with Gasteiger partial charge >= 0.3 is 0 Å². The molecule has 1 aromatic heterocycles. The third kappa shape index (κ3) is 6.05. The van der Waals surface area contributed by atoms with Gasteiger partial charge in [-0.1, -0.05) is 11.6 Å². The number of nitrogens with zero attached hydrogens (tertiary/aromatic N) is 3. The second kappa shape index (κ2) is 9.45. The fraction of sp³-hybridized carbons (Fsp3) is 0.571. The minimum absolute atomic E-state index is 0. The Morgan fingerprint density at radius 3 is 2.86 bits per heavy atom. The Morgan fingerprint density at radius 2 is 2.18 bits per heavy atom. The molecule has 22 heavy (non-hydrogen) atoms. The number of halogens is 1. The molecule has 1 saturated heterocycles. The van der Waals surface area contributed by atoms with Crippen LogP contribution < -0.4 is 10.5 Å². The molecule has 0 aromatic carbocycles. The van der Waals surface area contributed by atoms with Crippen LogP contribution in [0, 0.1) is 5.21 Å². The lowest BCUT2D eigenvalue weighted by molar-refractivity contribution is -0.605. The third-order valence-electron chi connectivity index (χ3n) is 3.42. The van der Waals surface area contributed by atoms with Crippen LogP contribution in [0.5, 0.6) is 0 Å². The van der Waals surface area contributed by atoms with Crippen LogP contribution in [-0.4, -0.2) is 48.2 Å². The van der Waals surface area contributed by atoms with E-state index in [0.29, 0.717) is 16.8 Å². The lowest BCUT2D eigenvalue weighted by Crippen LogP contribution is -2.38. The van der Waals surface area contributed by atoms with Crippen molar-refractivity contribution in [3.63, 3.8) is 0 Å². The molecular formula is C14H23ClN4O3. The van der Waals surface area contributed by atoms with Crippen LogP contribution in [0.25, 0.3) is 0 Å². The highest BCUT2D eigenvalue weighted by Gasteiger charge is 2.15. The van der Waals surface area contributed by atoms with Crippen molar-refractivity contribution in [1.82, 2.24) is 4.90 Å². The number of likely N-dealkylation sites (tertiary alicyclic amines) is 1. The van der Waals surface area contributed by atoms with Gasteiger partial charge in [0.15, 0.2) is 18.2 Å². The average Bonchev–Trinajstić information content (AvgIpc) is 2.48. The number of nitrogens with two attached hydrogens (primary N) is 1. The van der Waals surface area contributed by atoms with Gasteiger partial charge in [0.25, 0.3) is 0 Å². The summed E-state index contributed by atoms with van der Waals surface area (Å²) in [4.78, 5) is 7.29. The van der Waals surface area contributed by atoms with Crippen molar-refractivity contribution >= 4 is 18.2 Å². The SMILES string of the molecule is Cl.NC(=NOCC(O)CN1CCCCC1)c1ccc[n+]([O-])c1. The fourth-order valence-electron chi connectivity index (χ4n) is 2.34. The zero-order valence-electron chi connectivity index (χ0n) is 12.4. The monoisotopic (exact) mass is 330 g/mol. The summed E-state index contributed by atoms with van der Waals surface area (Å²) in [5.74, 6) is 0.116. The van der Waals surface area contributed by atoms with E-state index in [4.69, 9.17) is 10.6 Å². The van der Waals surface area contributed by atoms with Crippen molar-refractivity contribution in [3.05, 3.63) is 35.3 Å². The van der Waals surface area contributed by atoms with Crippen LogP contribution in [0.4, 0.5) is 0 Å². The van der Waals surface area contributed by atoms with E-state index >= 15 is 0 Å². The highest BCUT2D eigenvalue weighted by molar-refractivity contribution is 5.96. The van der Waals surface area contributed by atoms with Crippen molar-refractivity contribution in [2.75, 3.05) is 26.2 Å². The predicted octanol–water partition coefficient (Wildman–Crippen LogP) is 0.225. The maximum Gasteiger partial charge on any atom is 0.191 e. The quantitative estimate of drug-likeness (QED) is 0.256. The molecule has 0 spiro atoms. The molecule has 2 rings (SSSR count). The zero-order chi connectivity index (χ0) is 15.1. The smallest absolute Gasteiger partial charge is 0.191 e. The lowest BCUT2D eigenvalue weighted by atomic mass is 10.1. The first-order chi connectivity index (χ1) is 10.1. The minimum Gasteiger partial charge on any atom is -0.619 e. The molecule has 1 aliphatic heterocycles. The maximum absolute atomic E-state index is 11.1. The number of amidine groups is 1. The number of aliphatic hydroxyl groups is 1. The van der Waals surface area contributed by atoms with Crippen molar-refractivity contribution < 1.29 is 14.7 Å². The maximum atomic E-state index is 11.1. The van der Waals surface area contributed by atoms with E-state index < -0.39 is 6.10 Å². The van der Waals surface area contributed by atoms with Gasteiger partial charge in [-0.25, -0.2) is 0 Å². The van der Waals surface area contributed by atoms with E-state index in [2.05, 4.69) is 10.1 Å². The van der Waals surface area contributed by atoms with E-state index in [1.54, 1.807) is 12.1 Å². The molecule has 7 nitrogen and oxygen atoms in total. The molecule has 1 fully saturated rings. The Kier molecular flexibility index (Phi) is 7.94. The summed E-state index contributed by atoms with van der Waals surface area (Å²) in [6.45, 7) is 2.72. The van der Waals surface area contributed by atoms with Crippen LogP contribution in [0.2, 0.25) is 0 Å². The van der Waals surface area contributed by atoms with Gasteiger partial charge in [-0.2, -0.15) is 4.73 Å². The topological polar surface area (TPSA) is 98.0 Å². The number of aliphatic hydroxyl groups excluding tert-OH is 1. The summed E-state index contributed by atoms with van der Waals surface area (Å²) >= 11 is 0. The normalized spacial score (nSPS) is 17.6. The molecule has 3 N–H and O–H groups in total. The highest BCUT2D eigenvalue weighted by atomic mass is 35.5. The molecule has 1 aromatic rings. The first-order valence-electron chi connectivity index (χ1n) is 7.20. The first kappa shape index (κ1) is 18.5. The third-order valence-corrected chi connectivity index (χ3v) is 3.42. The summed E-state index contributed by atoms with van der Waals surface area (Å²) in [6, 6.07) is 3.25. The van der Waals surface area contributed by atoms with Crippen molar-refractivity contribution in [3.8, 4) is 0 Å². The molecular weight excluding hydrogens is 308 g/mol. The summed E-state index contributed by atoms with van der Waals surface area (Å²) in [5.41, 5.74) is 6.20. The van der Waals surface area contributed by atoms with Gasteiger partial charge in [-0.3, -0.25) is 0 Å². The second-order valence-corrected chi connectivity index (χ2v) is 5.24. The van der Waals surface area contributed by atoms with Gasteiger partial charge in [0.1, 0.15) is 12.7 Å². The summed E-state index contributed by atoms with van der Waals surface area (Å²) in [7, 11) is 0. The predicted molar refractivity (Wildman–Crippen MR) is 85.6 cm³/mol. The van der Waals surface area contributed by atoms with E-state index in [1.165, 1.54) is 31.7 Å². The Hall–Kier alpha value is -1.57. The average molecular weight is 331 g/mol. The van der Waals surface area contributed by atoms with E-state index in [9.17, 15) is 10.3 Å². The highest BCUT2D eigenvalue weighted by Crippen LogP contribution is 2.09. The number of hydrogen-bond acceptors (Lipinski definition) is 5. The van der Waals surface area contributed by atoms with Gasteiger partial charge in [0.2, 0.25) is 0 Å². The van der Waals surface area contributed by atoms with Gasteiger partial charge in [0, 0.05) is 12.6 Å². The molecule has 124 valence electrons. The van der Waals surface area contributed by atoms with Crippen LogP contribution >= 0.6 is 12.4 Å². The Balaban J connectivity index is 0.00000242. The summed E-state index contributed by atoms with van der Waals surface area (Å²) < 4.78 is 0.642. The molecule has 1 aliphatic rings. The number of β-amino-alcohol motifs (C(OH)–C–C–N with tert-alkyl or cyclic N) is 1. The molecule has 0 bridgehead atoms. The zero-order valence-corrected chi connectivity index (χ0v) is 13.2.